The maximum absolute atomic E-state index is 15.2. The average molecular weight is 915 g/mol. The van der Waals surface area contributed by atoms with Crippen molar-refractivity contribution < 1.29 is 47.5 Å². The third kappa shape index (κ3) is 9.69. The van der Waals surface area contributed by atoms with Crippen molar-refractivity contribution in [1.82, 2.24) is 9.88 Å². The SMILES string of the molecule is CC[C@H]1CCC[C@H](O[C@H]2CC[C@H](N(C)C)[C@@H](C)O2)[C@@H](C)C(=O)C2=C[C@@H]3C(c4nc(Nc5cccc(Cl)c5)sc4C4C[C@@H](O[C@@H]5O[C@@H](C)[C@H](OC)[C@@H](OC)[C@H]5OC)C[C@H]43)[C@@H]2CC(=O)O1. The van der Waals surface area contributed by atoms with Crippen LogP contribution >= 0.6 is 22.9 Å². The first-order valence-electron chi connectivity index (χ1n) is 23.2. The Bertz CT molecular complexity index is 1950. The lowest BCUT2D eigenvalue weighted by molar-refractivity contribution is -0.314. The van der Waals surface area contributed by atoms with Crippen molar-refractivity contribution in [3.8, 4) is 0 Å². The van der Waals surface area contributed by atoms with E-state index in [1.54, 1.807) is 32.7 Å². The second-order valence-electron chi connectivity index (χ2n) is 18.9. The van der Waals surface area contributed by atoms with E-state index in [0.717, 1.165) is 53.5 Å². The van der Waals surface area contributed by atoms with Gasteiger partial charge in [0.15, 0.2) is 23.5 Å². The number of fused-ring (bicyclic) bond motifs is 8. The number of methoxy groups -OCH3 is 3. The van der Waals surface area contributed by atoms with Crippen LogP contribution in [0.15, 0.2) is 35.9 Å². The van der Waals surface area contributed by atoms with Crippen molar-refractivity contribution >= 4 is 45.5 Å². The molecule has 17 atom stereocenters. The summed E-state index contributed by atoms with van der Waals surface area (Å²) in [4.78, 5) is 38.0. The number of Topliss-reactive ketones (excluding diaryl/α,β-unsaturated/α-hetero) is 1. The van der Waals surface area contributed by atoms with Gasteiger partial charge in [-0.05, 0) is 115 Å². The molecule has 0 amide bonds. The fourth-order valence-electron chi connectivity index (χ4n) is 11.8. The molecule has 3 aliphatic carbocycles. The summed E-state index contributed by atoms with van der Waals surface area (Å²) in [6.45, 7) is 8.14. The molecule has 1 aromatic heterocycles. The zero-order chi connectivity index (χ0) is 44.7. The Labute approximate surface area is 382 Å². The Balaban J connectivity index is 1.13. The first kappa shape index (κ1) is 47.0. The zero-order valence-corrected chi connectivity index (χ0v) is 39.9. The number of cyclic esters (lactones) is 1. The lowest BCUT2D eigenvalue weighted by Crippen LogP contribution is -2.59. The molecular formula is C48H68ClN3O10S. The molecule has 0 spiro atoms. The van der Waals surface area contributed by atoms with Crippen LogP contribution in [0.2, 0.25) is 5.02 Å². The lowest BCUT2D eigenvalue weighted by Gasteiger charge is -2.44. The van der Waals surface area contributed by atoms with Gasteiger partial charge in [-0.3, -0.25) is 9.59 Å². The number of thiazole rings is 1. The molecule has 3 saturated heterocycles. The van der Waals surface area contributed by atoms with Gasteiger partial charge in [-0.1, -0.05) is 37.6 Å². The number of anilines is 2. The Kier molecular flexibility index (Phi) is 15.0. The van der Waals surface area contributed by atoms with Gasteiger partial charge in [0, 0.05) is 66.6 Å². The first-order chi connectivity index (χ1) is 30.3. The summed E-state index contributed by atoms with van der Waals surface area (Å²) in [5.41, 5.74) is 2.46. The van der Waals surface area contributed by atoms with Crippen molar-refractivity contribution in [2.45, 2.75) is 165 Å². The van der Waals surface area contributed by atoms with E-state index in [9.17, 15) is 4.79 Å². The predicted octanol–water partition coefficient (Wildman–Crippen LogP) is 8.42. The summed E-state index contributed by atoms with van der Waals surface area (Å²) in [6, 6.07) is 7.91. The molecule has 1 saturated carbocycles. The second-order valence-corrected chi connectivity index (χ2v) is 20.4. The smallest absolute Gasteiger partial charge is 0.306 e. The molecule has 1 aromatic carbocycles. The number of nitrogens with one attached hydrogen (secondary N) is 1. The van der Waals surface area contributed by atoms with Gasteiger partial charge in [-0.15, -0.1) is 11.3 Å². The highest BCUT2D eigenvalue weighted by Gasteiger charge is 2.57. The standard InChI is InChI=1S/C48H68ClN3O10S/c1-10-29-15-12-16-37(62-39-18-17-36(52(5)6)25(3)58-39)24(2)42(54)34-22-32-31-20-30(61-47-45(57-9)44(56-8)43(55-7)26(4)59-47)21-35(31)46-41(40(32)33(34)23-38(53)60-29)51-48(63-46)50-28-14-11-13-27(49)19-28/h11,13-14,19,22,24-26,29-33,35-37,39-40,43-45,47H,10,12,15-18,20-21,23H2,1-9H3,(H,50,51)/t24-,25-,26+,29+,30+,31+,32+,33-,35?,36+,37+,39+,40?,43+,44-,45-,47+/m1/s1. The monoisotopic (exact) mass is 913 g/mol. The van der Waals surface area contributed by atoms with E-state index in [0.29, 0.717) is 35.9 Å². The highest BCUT2D eigenvalue weighted by molar-refractivity contribution is 7.15. The molecule has 1 N–H and O–H groups in total. The molecule has 6 aliphatic rings. The molecule has 13 nitrogen and oxygen atoms in total. The number of ketones is 1. The number of ether oxygens (including phenoxy) is 8. The van der Waals surface area contributed by atoms with Gasteiger partial charge in [0.05, 0.1) is 36.5 Å². The van der Waals surface area contributed by atoms with Crippen LogP contribution in [0.1, 0.15) is 108 Å². The molecule has 8 rings (SSSR count). The number of hydrogen-bond acceptors (Lipinski definition) is 14. The summed E-state index contributed by atoms with van der Waals surface area (Å²) >= 11 is 8.05. The van der Waals surface area contributed by atoms with Crippen molar-refractivity contribution in [2.75, 3.05) is 40.7 Å². The number of allylic oxidation sites excluding steroid dienone is 2. The second kappa shape index (κ2) is 20.2. The van der Waals surface area contributed by atoms with E-state index in [1.165, 1.54) is 0 Å². The van der Waals surface area contributed by atoms with E-state index < -0.39 is 30.5 Å². The van der Waals surface area contributed by atoms with Gasteiger partial charge in [0.25, 0.3) is 0 Å². The van der Waals surface area contributed by atoms with Gasteiger partial charge >= 0.3 is 5.97 Å². The summed E-state index contributed by atoms with van der Waals surface area (Å²) < 4.78 is 50.5. The third-order valence-corrected chi connectivity index (χ3v) is 16.3. The Morgan fingerprint density at radius 1 is 0.921 bits per heavy atom. The summed E-state index contributed by atoms with van der Waals surface area (Å²) in [7, 11) is 9.13. The minimum absolute atomic E-state index is 0.000184. The molecule has 15 heteroatoms. The third-order valence-electron chi connectivity index (χ3n) is 15.0. The maximum atomic E-state index is 15.2. The van der Waals surface area contributed by atoms with Crippen LogP contribution in [0.3, 0.4) is 0 Å². The van der Waals surface area contributed by atoms with Crippen LogP contribution < -0.4 is 5.32 Å². The van der Waals surface area contributed by atoms with Crippen LogP contribution in [-0.4, -0.2) is 125 Å². The van der Waals surface area contributed by atoms with Crippen molar-refractivity contribution in [3.63, 3.8) is 0 Å². The van der Waals surface area contributed by atoms with E-state index in [1.807, 2.05) is 38.1 Å². The average Bonchev–Trinajstić information content (AvgIpc) is 3.97. The molecule has 3 aliphatic heterocycles. The topological polar surface area (TPSA) is 136 Å². The van der Waals surface area contributed by atoms with Crippen molar-refractivity contribution in [3.05, 3.63) is 51.5 Å². The van der Waals surface area contributed by atoms with E-state index in [-0.39, 0.29) is 84.6 Å². The van der Waals surface area contributed by atoms with Crippen molar-refractivity contribution in [2.24, 2.45) is 23.7 Å². The lowest BCUT2D eigenvalue weighted by atomic mass is 9.67. The van der Waals surface area contributed by atoms with Gasteiger partial charge in [-0.2, -0.15) is 0 Å². The fraction of sp³-hybridized carbons (Fsp3) is 0.729. The Hall–Kier alpha value is -2.50. The molecule has 0 radical (unpaired) electrons. The molecule has 2 aromatic rings. The van der Waals surface area contributed by atoms with Gasteiger partial charge in [0.1, 0.15) is 24.4 Å². The molecule has 4 heterocycles. The number of carbonyl (C=O) groups excluding carboxylic acids is 2. The number of likely N-dealkylation sites (N-methyl/N-ethyl adjacent to an activating group) is 1. The van der Waals surface area contributed by atoms with Crippen LogP contribution in [0.4, 0.5) is 10.8 Å². The minimum atomic E-state index is -0.675. The molecule has 348 valence electrons. The van der Waals surface area contributed by atoms with Crippen LogP contribution in [0.25, 0.3) is 0 Å². The fourth-order valence-corrected chi connectivity index (χ4v) is 13.2. The first-order valence-corrected chi connectivity index (χ1v) is 24.4. The molecule has 4 fully saturated rings. The van der Waals surface area contributed by atoms with E-state index in [4.69, 9.17) is 54.5 Å². The van der Waals surface area contributed by atoms with Gasteiger partial charge in [0.2, 0.25) is 0 Å². The number of carbonyl (C=O) groups is 2. The predicted molar refractivity (Wildman–Crippen MR) is 240 cm³/mol. The minimum Gasteiger partial charge on any atom is -0.462 e. The molecule has 2 unspecified atom stereocenters. The molecule has 63 heavy (non-hydrogen) atoms. The quantitative estimate of drug-likeness (QED) is 0.216. The van der Waals surface area contributed by atoms with Crippen LogP contribution in [-0.2, 0) is 47.5 Å². The van der Waals surface area contributed by atoms with Crippen LogP contribution in [0, 0.1) is 23.7 Å². The van der Waals surface area contributed by atoms with E-state index in [2.05, 4.69) is 44.2 Å². The number of esters is 1. The summed E-state index contributed by atoms with van der Waals surface area (Å²) in [6.07, 6.45) is 5.00. The number of rotatable bonds is 11. The number of hydrogen-bond donors (Lipinski definition) is 1. The van der Waals surface area contributed by atoms with Crippen molar-refractivity contribution in [1.29, 1.82) is 0 Å². The van der Waals surface area contributed by atoms with Gasteiger partial charge in [-0.25, -0.2) is 4.98 Å². The summed E-state index contributed by atoms with van der Waals surface area (Å²) in [5.74, 6) is -1.18. The number of nitrogens with zero attached hydrogens (tertiary/aromatic N) is 2. The molecule has 0 bridgehead atoms. The highest BCUT2D eigenvalue weighted by atomic mass is 35.5. The Morgan fingerprint density at radius 3 is 2.40 bits per heavy atom. The van der Waals surface area contributed by atoms with E-state index >= 15 is 4.79 Å². The van der Waals surface area contributed by atoms with Crippen LogP contribution in [0.5, 0.6) is 0 Å². The highest BCUT2D eigenvalue weighted by Crippen LogP contribution is 2.63. The largest absolute Gasteiger partial charge is 0.462 e. The zero-order valence-electron chi connectivity index (χ0n) is 38.3. The molecular weight excluding hydrogens is 846 g/mol. The number of halogens is 1. The normalized spacial score (nSPS) is 39.6. The summed E-state index contributed by atoms with van der Waals surface area (Å²) in [5, 5.41) is 4.89. The number of benzene rings is 1. The maximum Gasteiger partial charge on any atom is 0.306 e. The Morgan fingerprint density at radius 2 is 1.70 bits per heavy atom. The van der Waals surface area contributed by atoms with Gasteiger partial charge < -0.3 is 48.1 Å². The number of aromatic nitrogens is 1.